The first-order valence-electron chi connectivity index (χ1n) is 6.56. The molecule has 1 aromatic carbocycles. The molecule has 1 aliphatic rings. The number of rotatable bonds is 3. The molecule has 2 atom stereocenters. The number of nitrogens with one attached hydrogen (secondary N) is 1. The maximum Gasteiger partial charge on any atom is 0.573 e. The van der Waals surface area contributed by atoms with Gasteiger partial charge in [0.1, 0.15) is 5.75 Å². The first kappa shape index (κ1) is 14.2. The van der Waals surface area contributed by atoms with Gasteiger partial charge in [0.25, 0.3) is 0 Å². The number of piperidine rings is 1. The fraction of sp³-hybridized carbons (Fsp3) is 0.571. The minimum atomic E-state index is -4.63. The number of halogens is 3. The van der Waals surface area contributed by atoms with Crippen molar-refractivity contribution >= 4 is 0 Å². The van der Waals surface area contributed by atoms with Gasteiger partial charge < -0.3 is 10.1 Å². The Labute approximate surface area is 111 Å². The summed E-state index contributed by atoms with van der Waals surface area (Å²) in [7, 11) is 0. The molecular weight excluding hydrogens is 255 g/mol. The van der Waals surface area contributed by atoms with Gasteiger partial charge >= 0.3 is 6.36 Å². The van der Waals surface area contributed by atoms with E-state index in [4.69, 9.17) is 0 Å². The van der Waals surface area contributed by atoms with Crippen LogP contribution in [0.5, 0.6) is 5.75 Å². The lowest BCUT2D eigenvalue weighted by Gasteiger charge is -2.32. The van der Waals surface area contributed by atoms with E-state index in [0.29, 0.717) is 11.8 Å². The second-order valence-corrected chi connectivity index (χ2v) is 4.89. The molecule has 106 valence electrons. The summed E-state index contributed by atoms with van der Waals surface area (Å²) >= 11 is 0. The third-order valence-corrected chi connectivity index (χ3v) is 3.65. The largest absolute Gasteiger partial charge is 0.573 e. The van der Waals surface area contributed by atoms with Crippen molar-refractivity contribution in [3.63, 3.8) is 0 Å². The maximum atomic E-state index is 12.2. The second kappa shape index (κ2) is 5.82. The smallest absolute Gasteiger partial charge is 0.406 e. The third kappa shape index (κ3) is 3.86. The fourth-order valence-corrected chi connectivity index (χ4v) is 2.73. The number of hydrogen-bond donors (Lipinski definition) is 1. The van der Waals surface area contributed by atoms with E-state index in [1.165, 1.54) is 12.1 Å². The summed E-state index contributed by atoms with van der Waals surface area (Å²) < 4.78 is 40.7. The van der Waals surface area contributed by atoms with E-state index in [2.05, 4.69) is 17.0 Å². The summed E-state index contributed by atoms with van der Waals surface area (Å²) in [6.45, 7) is 3.94. The zero-order valence-corrected chi connectivity index (χ0v) is 10.8. The second-order valence-electron chi connectivity index (χ2n) is 4.89. The van der Waals surface area contributed by atoms with E-state index < -0.39 is 6.36 Å². The van der Waals surface area contributed by atoms with Gasteiger partial charge in [-0.05, 0) is 49.0 Å². The molecule has 2 nitrogen and oxygen atoms in total. The van der Waals surface area contributed by atoms with E-state index in [9.17, 15) is 13.2 Å². The summed E-state index contributed by atoms with van der Waals surface area (Å²) in [6.07, 6.45) is -2.66. The molecule has 0 spiro atoms. The van der Waals surface area contributed by atoms with Gasteiger partial charge in [0.15, 0.2) is 0 Å². The van der Waals surface area contributed by atoms with Gasteiger partial charge in [0.2, 0.25) is 0 Å². The zero-order valence-electron chi connectivity index (χ0n) is 10.8. The average Bonchev–Trinajstić information content (AvgIpc) is 2.37. The molecule has 2 unspecified atom stereocenters. The normalized spacial score (nSPS) is 24.2. The Morgan fingerprint density at radius 3 is 2.84 bits per heavy atom. The topological polar surface area (TPSA) is 21.3 Å². The number of ether oxygens (including phenoxy) is 1. The molecule has 0 aliphatic carbocycles. The number of alkyl halides is 3. The van der Waals surface area contributed by atoms with Crippen LogP contribution in [-0.4, -0.2) is 19.5 Å². The van der Waals surface area contributed by atoms with E-state index in [1.807, 2.05) is 6.07 Å². The Morgan fingerprint density at radius 1 is 1.37 bits per heavy atom. The fourth-order valence-electron chi connectivity index (χ4n) is 2.73. The van der Waals surface area contributed by atoms with Crippen LogP contribution in [0.4, 0.5) is 13.2 Å². The lowest BCUT2D eigenvalue weighted by atomic mass is 9.80. The monoisotopic (exact) mass is 273 g/mol. The summed E-state index contributed by atoms with van der Waals surface area (Å²) in [5.74, 6) is 0.649. The molecule has 1 heterocycles. The predicted molar refractivity (Wildman–Crippen MR) is 67.1 cm³/mol. The molecular formula is C14H18F3NO. The van der Waals surface area contributed by atoms with Crippen LogP contribution < -0.4 is 10.1 Å². The molecule has 1 saturated heterocycles. The van der Waals surface area contributed by atoms with Crippen LogP contribution in [0.2, 0.25) is 0 Å². The molecule has 0 aromatic heterocycles. The standard InChI is InChI=1S/C14H18F3NO/c1-2-10-9-18-7-6-13(10)11-4-3-5-12(8-11)19-14(15,16)17/h3-5,8,10,13,18H,2,6-7,9H2,1H3. The van der Waals surface area contributed by atoms with Crippen LogP contribution in [0.1, 0.15) is 31.2 Å². The minimum absolute atomic E-state index is 0.126. The van der Waals surface area contributed by atoms with Crippen molar-refractivity contribution in [1.29, 1.82) is 0 Å². The molecule has 0 saturated carbocycles. The van der Waals surface area contributed by atoms with Gasteiger partial charge in [-0.1, -0.05) is 25.5 Å². The van der Waals surface area contributed by atoms with Crippen molar-refractivity contribution in [2.24, 2.45) is 5.92 Å². The molecule has 5 heteroatoms. The lowest BCUT2D eigenvalue weighted by Crippen LogP contribution is -2.35. The van der Waals surface area contributed by atoms with Crippen LogP contribution in [0, 0.1) is 5.92 Å². The Kier molecular flexibility index (Phi) is 4.34. The van der Waals surface area contributed by atoms with Crippen LogP contribution in [-0.2, 0) is 0 Å². The highest BCUT2D eigenvalue weighted by Gasteiger charge is 2.32. The molecule has 2 rings (SSSR count). The van der Waals surface area contributed by atoms with Gasteiger partial charge in [0, 0.05) is 0 Å². The Hall–Kier alpha value is -1.23. The van der Waals surface area contributed by atoms with Crippen molar-refractivity contribution < 1.29 is 17.9 Å². The summed E-state index contributed by atoms with van der Waals surface area (Å²) in [5, 5.41) is 3.33. The molecule has 0 bridgehead atoms. The summed E-state index contributed by atoms with van der Waals surface area (Å²) in [4.78, 5) is 0. The van der Waals surface area contributed by atoms with Crippen LogP contribution in [0.25, 0.3) is 0 Å². The summed E-state index contributed by atoms with van der Waals surface area (Å²) in [6, 6.07) is 6.39. The lowest BCUT2D eigenvalue weighted by molar-refractivity contribution is -0.274. The first-order chi connectivity index (χ1) is 8.99. The van der Waals surface area contributed by atoms with E-state index >= 15 is 0 Å². The third-order valence-electron chi connectivity index (χ3n) is 3.65. The van der Waals surface area contributed by atoms with Gasteiger partial charge in [-0.2, -0.15) is 0 Å². The quantitative estimate of drug-likeness (QED) is 0.907. The Morgan fingerprint density at radius 2 is 2.16 bits per heavy atom. The van der Waals surface area contributed by atoms with E-state index in [-0.39, 0.29) is 5.75 Å². The highest BCUT2D eigenvalue weighted by Crippen LogP contribution is 2.34. The predicted octanol–water partition coefficient (Wildman–Crippen LogP) is 3.69. The first-order valence-corrected chi connectivity index (χ1v) is 6.56. The molecule has 1 aromatic rings. The van der Waals surface area contributed by atoms with Crippen LogP contribution in [0.3, 0.4) is 0 Å². The Bertz CT molecular complexity index is 419. The van der Waals surface area contributed by atoms with Crippen molar-refractivity contribution in [3.8, 4) is 5.75 Å². The average molecular weight is 273 g/mol. The SMILES string of the molecule is CCC1CNCCC1c1cccc(OC(F)(F)F)c1. The molecule has 0 amide bonds. The van der Waals surface area contributed by atoms with E-state index in [0.717, 1.165) is 31.5 Å². The molecule has 1 N–H and O–H groups in total. The van der Waals surface area contributed by atoms with Gasteiger partial charge in [-0.15, -0.1) is 13.2 Å². The number of hydrogen-bond acceptors (Lipinski definition) is 2. The van der Waals surface area contributed by atoms with Gasteiger partial charge in [0.05, 0.1) is 0 Å². The zero-order chi connectivity index (χ0) is 13.9. The van der Waals surface area contributed by atoms with Crippen LogP contribution in [0.15, 0.2) is 24.3 Å². The maximum absolute atomic E-state index is 12.2. The highest BCUT2D eigenvalue weighted by atomic mass is 19.4. The van der Waals surface area contributed by atoms with Gasteiger partial charge in [-0.25, -0.2) is 0 Å². The highest BCUT2D eigenvalue weighted by molar-refractivity contribution is 5.31. The summed E-state index contributed by atoms with van der Waals surface area (Å²) in [5.41, 5.74) is 0.940. The Balaban J connectivity index is 2.17. The van der Waals surface area contributed by atoms with E-state index in [1.54, 1.807) is 6.07 Å². The molecule has 1 fully saturated rings. The van der Waals surface area contributed by atoms with Crippen molar-refractivity contribution in [3.05, 3.63) is 29.8 Å². The molecule has 1 aliphatic heterocycles. The van der Waals surface area contributed by atoms with Crippen molar-refractivity contribution in [1.82, 2.24) is 5.32 Å². The van der Waals surface area contributed by atoms with Crippen molar-refractivity contribution in [2.45, 2.75) is 32.0 Å². The van der Waals surface area contributed by atoms with Gasteiger partial charge in [-0.3, -0.25) is 0 Å². The van der Waals surface area contributed by atoms with Crippen molar-refractivity contribution in [2.75, 3.05) is 13.1 Å². The minimum Gasteiger partial charge on any atom is -0.406 e. The van der Waals surface area contributed by atoms with Crippen LogP contribution >= 0.6 is 0 Å². The molecule has 19 heavy (non-hydrogen) atoms. The number of benzene rings is 1. The molecule has 0 radical (unpaired) electrons.